The number of ether oxygens (including phenoxy) is 1. The molecule has 0 radical (unpaired) electrons. The molecule has 0 amide bonds. The van der Waals surface area contributed by atoms with E-state index in [0.29, 0.717) is 0 Å². The second-order valence-corrected chi connectivity index (χ2v) is 4.18. The highest BCUT2D eigenvalue weighted by atomic mass is 35.5. The first-order valence-electron chi connectivity index (χ1n) is 5.26. The van der Waals surface area contributed by atoms with E-state index in [2.05, 4.69) is 9.97 Å². The highest BCUT2D eigenvalue weighted by molar-refractivity contribution is 6.28. The van der Waals surface area contributed by atoms with Crippen LogP contribution in [0.15, 0.2) is 24.3 Å². The Morgan fingerprint density at radius 1 is 1.12 bits per heavy atom. The Hall–Kier alpha value is -1.61. The molecule has 1 aromatic heterocycles. The van der Waals surface area contributed by atoms with Gasteiger partial charge in [-0.2, -0.15) is 0 Å². The molecule has 0 atom stereocenters. The van der Waals surface area contributed by atoms with Gasteiger partial charge in [0.25, 0.3) is 0 Å². The highest BCUT2D eigenvalue weighted by Gasteiger charge is 2.07. The number of nitrogens with zero attached hydrogens (tertiary/aromatic N) is 2. The van der Waals surface area contributed by atoms with Gasteiger partial charge in [-0.25, -0.2) is 9.97 Å². The number of methoxy groups -OCH3 is 1. The molecular formula is C13H13ClN2O. The van der Waals surface area contributed by atoms with Gasteiger partial charge in [-0.05, 0) is 55.3 Å². The third kappa shape index (κ3) is 2.56. The smallest absolute Gasteiger partial charge is 0.223 e. The van der Waals surface area contributed by atoms with Crippen molar-refractivity contribution in [2.24, 2.45) is 0 Å². The molecule has 0 bridgehead atoms. The lowest BCUT2D eigenvalue weighted by atomic mass is 10.0. The zero-order valence-corrected chi connectivity index (χ0v) is 10.7. The van der Waals surface area contributed by atoms with Crippen LogP contribution in [0.1, 0.15) is 11.3 Å². The molecule has 2 aromatic rings. The summed E-state index contributed by atoms with van der Waals surface area (Å²) in [5.41, 5.74) is 3.83. The van der Waals surface area contributed by atoms with Crippen LogP contribution in [-0.2, 0) is 0 Å². The lowest BCUT2D eigenvalue weighted by Gasteiger charge is -2.08. The minimum atomic E-state index is 0.273. The minimum absolute atomic E-state index is 0.273. The summed E-state index contributed by atoms with van der Waals surface area (Å²) >= 11 is 5.86. The quantitative estimate of drug-likeness (QED) is 0.764. The van der Waals surface area contributed by atoms with Crippen molar-refractivity contribution in [3.63, 3.8) is 0 Å². The number of benzene rings is 1. The molecule has 1 heterocycles. The van der Waals surface area contributed by atoms with Crippen LogP contribution < -0.4 is 4.74 Å². The molecule has 0 aliphatic carbocycles. The number of halogens is 1. The fraction of sp³-hybridized carbons (Fsp3) is 0.231. The number of aryl methyl sites for hydroxylation is 2. The van der Waals surface area contributed by atoms with Gasteiger partial charge in [-0.1, -0.05) is 0 Å². The standard InChI is InChI=1S/C13H13ClN2O/c1-8-6-10(17-3)4-5-11(8)12-7-9(2)15-13(14)16-12/h4-7H,1-3H3. The predicted molar refractivity (Wildman–Crippen MR) is 68.5 cm³/mol. The van der Waals surface area contributed by atoms with Gasteiger partial charge in [0, 0.05) is 11.3 Å². The SMILES string of the molecule is COc1ccc(-c2cc(C)nc(Cl)n2)c(C)c1. The molecule has 0 fully saturated rings. The van der Waals surface area contributed by atoms with E-state index in [1.807, 2.05) is 38.1 Å². The summed E-state index contributed by atoms with van der Waals surface area (Å²) in [5.74, 6) is 0.836. The molecule has 1 aromatic carbocycles. The predicted octanol–water partition coefficient (Wildman–Crippen LogP) is 3.42. The maximum absolute atomic E-state index is 5.86. The van der Waals surface area contributed by atoms with Gasteiger partial charge < -0.3 is 4.74 Å². The molecule has 4 heteroatoms. The average Bonchev–Trinajstić information content (AvgIpc) is 2.27. The monoisotopic (exact) mass is 248 g/mol. The molecule has 0 saturated heterocycles. The summed E-state index contributed by atoms with van der Waals surface area (Å²) in [6.07, 6.45) is 0. The normalized spacial score (nSPS) is 10.4. The molecule has 88 valence electrons. The van der Waals surface area contributed by atoms with Gasteiger partial charge in [-0.15, -0.1) is 0 Å². The zero-order chi connectivity index (χ0) is 12.4. The Kier molecular flexibility index (Phi) is 3.29. The van der Waals surface area contributed by atoms with Crippen molar-refractivity contribution in [2.45, 2.75) is 13.8 Å². The van der Waals surface area contributed by atoms with Crippen molar-refractivity contribution in [3.05, 3.63) is 40.8 Å². The molecule has 3 nitrogen and oxygen atoms in total. The largest absolute Gasteiger partial charge is 0.497 e. The Bertz CT molecular complexity index is 535. The van der Waals surface area contributed by atoms with E-state index in [1.54, 1.807) is 7.11 Å². The van der Waals surface area contributed by atoms with Crippen LogP contribution in [0, 0.1) is 13.8 Å². The number of hydrogen-bond donors (Lipinski definition) is 0. The van der Waals surface area contributed by atoms with Crippen LogP contribution >= 0.6 is 11.6 Å². The summed E-state index contributed by atoms with van der Waals surface area (Å²) in [6, 6.07) is 7.78. The van der Waals surface area contributed by atoms with Gasteiger partial charge in [0.2, 0.25) is 5.28 Å². The van der Waals surface area contributed by atoms with E-state index in [9.17, 15) is 0 Å². The Morgan fingerprint density at radius 2 is 1.88 bits per heavy atom. The van der Waals surface area contributed by atoms with Crippen molar-refractivity contribution in [2.75, 3.05) is 7.11 Å². The van der Waals surface area contributed by atoms with Gasteiger partial charge in [-0.3, -0.25) is 0 Å². The fourth-order valence-corrected chi connectivity index (χ4v) is 1.95. The molecule has 0 N–H and O–H groups in total. The minimum Gasteiger partial charge on any atom is -0.497 e. The van der Waals surface area contributed by atoms with Gasteiger partial charge in [0.05, 0.1) is 12.8 Å². The van der Waals surface area contributed by atoms with E-state index >= 15 is 0 Å². The number of hydrogen-bond acceptors (Lipinski definition) is 3. The van der Waals surface area contributed by atoms with E-state index in [4.69, 9.17) is 16.3 Å². The van der Waals surface area contributed by atoms with Crippen LogP contribution in [0.2, 0.25) is 5.28 Å². The zero-order valence-electron chi connectivity index (χ0n) is 9.99. The lowest BCUT2D eigenvalue weighted by molar-refractivity contribution is 0.414. The summed E-state index contributed by atoms with van der Waals surface area (Å²) in [4.78, 5) is 8.29. The van der Waals surface area contributed by atoms with Crippen molar-refractivity contribution in [1.29, 1.82) is 0 Å². The molecule has 0 spiro atoms. The molecular weight excluding hydrogens is 236 g/mol. The maximum atomic E-state index is 5.86. The number of aromatic nitrogens is 2. The third-order valence-electron chi connectivity index (χ3n) is 2.54. The molecule has 2 rings (SSSR count). The van der Waals surface area contributed by atoms with E-state index in [0.717, 1.165) is 28.3 Å². The highest BCUT2D eigenvalue weighted by Crippen LogP contribution is 2.26. The van der Waals surface area contributed by atoms with Crippen molar-refractivity contribution < 1.29 is 4.74 Å². The molecule has 0 unspecified atom stereocenters. The van der Waals surface area contributed by atoms with E-state index in [-0.39, 0.29) is 5.28 Å². The number of rotatable bonds is 2. The topological polar surface area (TPSA) is 35.0 Å². The van der Waals surface area contributed by atoms with Crippen LogP contribution in [0.3, 0.4) is 0 Å². The summed E-state index contributed by atoms with van der Waals surface area (Å²) < 4.78 is 5.17. The maximum Gasteiger partial charge on any atom is 0.223 e. The van der Waals surface area contributed by atoms with Gasteiger partial charge >= 0.3 is 0 Å². The van der Waals surface area contributed by atoms with E-state index < -0.39 is 0 Å². The molecule has 0 aliphatic rings. The van der Waals surface area contributed by atoms with Crippen LogP contribution in [0.5, 0.6) is 5.75 Å². The van der Waals surface area contributed by atoms with Crippen molar-refractivity contribution >= 4 is 11.6 Å². The van der Waals surface area contributed by atoms with Gasteiger partial charge in [0.15, 0.2) is 0 Å². The lowest BCUT2D eigenvalue weighted by Crippen LogP contribution is -1.93. The van der Waals surface area contributed by atoms with E-state index in [1.165, 1.54) is 0 Å². The second kappa shape index (κ2) is 4.72. The van der Waals surface area contributed by atoms with Crippen molar-refractivity contribution in [3.8, 4) is 17.0 Å². The first kappa shape index (κ1) is 11.9. The third-order valence-corrected chi connectivity index (χ3v) is 2.71. The molecule has 0 aliphatic heterocycles. The first-order chi connectivity index (χ1) is 8.10. The molecule has 0 saturated carbocycles. The van der Waals surface area contributed by atoms with Gasteiger partial charge in [0.1, 0.15) is 5.75 Å². The second-order valence-electron chi connectivity index (χ2n) is 3.84. The average molecular weight is 249 g/mol. The Morgan fingerprint density at radius 3 is 2.47 bits per heavy atom. The van der Waals surface area contributed by atoms with Crippen LogP contribution in [0.4, 0.5) is 0 Å². The molecule has 17 heavy (non-hydrogen) atoms. The Labute approximate surface area is 105 Å². The summed E-state index contributed by atoms with van der Waals surface area (Å²) in [6.45, 7) is 3.92. The van der Waals surface area contributed by atoms with Crippen molar-refractivity contribution in [1.82, 2.24) is 9.97 Å². The first-order valence-corrected chi connectivity index (χ1v) is 5.64. The Balaban J connectivity index is 2.52. The van der Waals surface area contributed by atoms with Crippen LogP contribution in [0.25, 0.3) is 11.3 Å². The summed E-state index contributed by atoms with van der Waals surface area (Å²) in [5, 5.41) is 0.273. The fourth-order valence-electron chi connectivity index (χ4n) is 1.72. The summed E-state index contributed by atoms with van der Waals surface area (Å²) in [7, 11) is 1.65. The van der Waals surface area contributed by atoms with Crippen LogP contribution in [-0.4, -0.2) is 17.1 Å².